The van der Waals surface area contributed by atoms with Gasteiger partial charge >= 0.3 is 5.97 Å². The van der Waals surface area contributed by atoms with Gasteiger partial charge in [-0.3, -0.25) is 0 Å². The van der Waals surface area contributed by atoms with Crippen LogP contribution >= 0.6 is 11.3 Å². The molecular weight excluding hydrogens is 362 g/mol. The van der Waals surface area contributed by atoms with E-state index in [1.807, 2.05) is 35.7 Å². The van der Waals surface area contributed by atoms with E-state index in [4.69, 9.17) is 14.2 Å². The summed E-state index contributed by atoms with van der Waals surface area (Å²) in [5.41, 5.74) is 2.50. The van der Waals surface area contributed by atoms with Gasteiger partial charge in [0.2, 0.25) is 0 Å². The largest absolute Gasteiger partial charge is 0.497 e. The molecule has 27 heavy (non-hydrogen) atoms. The topological polar surface area (TPSA) is 57.7 Å². The standard InChI is InChI=1S/C21H19NO4S/c1-24-18-9-10-19(25-2)16(12-18)8-11-20(23)26-13-17-14-27-21(22-17)15-6-4-3-5-7-15/h3-12,14H,13H2,1-2H3/b11-8+. The average Bonchev–Trinajstić information content (AvgIpc) is 3.20. The molecule has 3 rings (SSSR count). The Morgan fingerprint density at radius 3 is 2.67 bits per heavy atom. The second kappa shape index (κ2) is 9.00. The van der Waals surface area contributed by atoms with Crippen molar-refractivity contribution in [2.45, 2.75) is 6.61 Å². The fourth-order valence-electron chi connectivity index (χ4n) is 2.41. The number of methoxy groups -OCH3 is 2. The van der Waals surface area contributed by atoms with Gasteiger partial charge in [0.05, 0.1) is 19.9 Å². The zero-order chi connectivity index (χ0) is 19.1. The summed E-state index contributed by atoms with van der Waals surface area (Å²) >= 11 is 1.52. The molecule has 1 heterocycles. The zero-order valence-corrected chi connectivity index (χ0v) is 15.9. The van der Waals surface area contributed by atoms with Crippen LogP contribution in [0.15, 0.2) is 60.0 Å². The highest BCUT2D eigenvalue weighted by molar-refractivity contribution is 7.13. The third kappa shape index (κ3) is 4.95. The number of hydrogen-bond acceptors (Lipinski definition) is 6. The first-order valence-corrected chi connectivity index (χ1v) is 9.14. The first-order chi connectivity index (χ1) is 13.2. The number of hydrogen-bond donors (Lipinski definition) is 0. The number of benzene rings is 2. The second-order valence-corrected chi connectivity index (χ2v) is 6.42. The van der Waals surface area contributed by atoms with Crippen LogP contribution in [0, 0.1) is 0 Å². The summed E-state index contributed by atoms with van der Waals surface area (Å²) in [5, 5.41) is 2.79. The lowest BCUT2D eigenvalue weighted by atomic mass is 10.1. The SMILES string of the molecule is COc1ccc(OC)c(/C=C/C(=O)OCc2csc(-c3ccccc3)n2)c1. The highest BCUT2D eigenvalue weighted by atomic mass is 32.1. The number of rotatable bonds is 7. The molecule has 1 aromatic heterocycles. The van der Waals surface area contributed by atoms with Crippen molar-refractivity contribution in [3.63, 3.8) is 0 Å². The summed E-state index contributed by atoms with van der Waals surface area (Å²) < 4.78 is 15.8. The van der Waals surface area contributed by atoms with Crippen LogP contribution in [-0.2, 0) is 16.1 Å². The highest BCUT2D eigenvalue weighted by Gasteiger charge is 2.07. The van der Waals surface area contributed by atoms with Gasteiger partial charge in [-0.15, -0.1) is 11.3 Å². The van der Waals surface area contributed by atoms with E-state index in [0.717, 1.165) is 21.8 Å². The molecule has 0 aliphatic heterocycles. The van der Waals surface area contributed by atoms with Crippen molar-refractivity contribution in [1.82, 2.24) is 4.98 Å². The van der Waals surface area contributed by atoms with Crippen molar-refractivity contribution in [1.29, 1.82) is 0 Å². The van der Waals surface area contributed by atoms with Crippen LogP contribution in [0.25, 0.3) is 16.6 Å². The Hall–Kier alpha value is -3.12. The van der Waals surface area contributed by atoms with Gasteiger partial charge in [-0.25, -0.2) is 9.78 Å². The summed E-state index contributed by atoms with van der Waals surface area (Å²) in [5.74, 6) is 0.876. The maximum atomic E-state index is 12.0. The summed E-state index contributed by atoms with van der Waals surface area (Å²) in [4.78, 5) is 16.5. The first-order valence-electron chi connectivity index (χ1n) is 8.26. The van der Waals surface area contributed by atoms with E-state index in [0.29, 0.717) is 11.5 Å². The third-order valence-electron chi connectivity index (χ3n) is 3.77. The molecule has 5 nitrogen and oxygen atoms in total. The van der Waals surface area contributed by atoms with Gasteiger partial charge in [-0.1, -0.05) is 30.3 Å². The summed E-state index contributed by atoms with van der Waals surface area (Å²) in [7, 11) is 3.16. The number of carbonyl (C=O) groups is 1. The molecule has 0 amide bonds. The van der Waals surface area contributed by atoms with Crippen molar-refractivity contribution in [2.24, 2.45) is 0 Å². The lowest BCUT2D eigenvalue weighted by Gasteiger charge is -2.07. The van der Waals surface area contributed by atoms with E-state index in [1.54, 1.807) is 38.5 Å². The number of aromatic nitrogens is 1. The Labute approximate surface area is 161 Å². The summed E-state index contributed by atoms with van der Waals surface area (Å²) in [6.07, 6.45) is 3.00. The molecule has 0 radical (unpaired) electrons. The number of ether oxygens (including phenoxy) is 3. The van der Waals surface area contributed by atoms with Crippen LogP contribution in [0.4, 0.5) is 0 Å². The molecule has 138 valence electrons. The van der Waals surface area contributed by atoms with E-state index in [-0.39, 0.29) is 6.61 Å². The van der Waals surface area contributed by atoms with Gasteiger partial charge in [-0.05, 0) is 24.3 Å². The Kier molecular flexibility index (Phi) is 6.22. The monoisotopic (exact) mass is 381 g/mol. The molecule has 0 saturated carbocycles. The summed E-state index contributed by atoms with van der Waals surface area (Å²) in [6, 6.07) is 15.3. The van der Waals surface area contributed by atoms with Crippen LogP contribution in [0.3, 0.4) is 0 Å². The minimum atomic E-state index is -0.450. The molecule has 0 aliphatic rings. The maximum Gasteiger partial charge on any atom is 0.331 e. The number of thiazole rings is 1. The van der Waals surface area contributed by atoms with Gasteiger partial charge in [0.15, 0.2) is 0 Å². The van der Waals surface area contributed by atoms with Gasteiger partial charge in [-0.2, -0.15) is 0 Å². The number of carbonyl (C=O) groups excluding carboxylic acids is 1. The highest BCUT2D eigenvalue weighted by Crippen LogP contribution is 2.25. The Morgan fingerprint density at radius 1 is 1.11 bits per heavy atom. The first kappa shape index (κ1) is 18.7. The van der Waals surface area contributed by atoms with Crippen molar-refractivity contribution in [2.75, 3.05) is 14.2 Å². The predicted molar refractivity (Wildman–Crippen MR) is 106 cm³/mol. The summed E-state index contributed by atoms with van der Waals surface area (Å²) in [6.45, 7) is 0.127. The predicted octanol–water partition coefficient (Wildman–Crippen LogP) is 4.58. The second-order valence-electron chi connectivity index (χ2n) is 5.56. The number of esters is 1. The average molecular weight is 381 g/mol. The third-order valence-corrected chi connectivity index (χ3v) is 4.71. The van der Waals surface area contributed by atoms with Crippen molar-refractivity contribution in [3.05, 3.63) is 71.2 Å². The molecule has 0 spiro atoms. The molecular formula is C21H19NO4S. The minimum absolute atomic E-state index is 0.127. The van der Waals surface area contributed by atoms with Gasteiger partial charge in [0, 0.05) is 22.6 Å². The molecule has 0 aliphatic carbocycles. The van der Waals surface area contributed by atoms with Gasteiger partial charge in [0.25, 0.3) is 0 Å². The Morgan fingerprint density at radius 2 is 1.93 bits per heavy atom. The normalized spacial score (nSPS) is 10.7. The molecule has 2 aromatic carbocycles. The molecule has 3 aromatic rings. The van der Waals surface area contributed by atoms with Crippen molar-refractivity contribution >= 4 is 23.4 Å². The van der Waals surface area contributed by atoms with E-state index < -0.39 is 5.97 Å². The van der Waals surface area contributed by atoms with Crippen molar-refractivity contribution in [3.8, 4) is 22.1 Å². The molecule has 0 atom stereocenters. The van der Waals surface area contributed by atoms with Crippen LogP contribution in [0.1, 0.15) is 11.3 Å². The number of nitrogens with zero attached hydrogens (tertiary/aromatic N) is 1. The van der Waals surface area contributed by atoms with Crippen LogP contribution in [0.2, 0.25) is 0 Å². The van der Waals surface area contributed by atoms with Crippen LogP contribution < -0.4 is 9.47 Å². The fraction of sp³-hybridized carbons (Fsp3) is 0.143. The molecule has 0 fully saturated rings. The van der Waals surface area contributed by atoms with Crippen LogP contribution in [-0.4, -0.2) is 25.2 Å². The minimum Gasteiger partial charge on any atom is -0.497 e. The lowest BCUT2D eigenvalue weighted by molar-refractivity contribution is -0.139. The smallest absolute Gasteiger partial charge is 0.331 e. The Balaban J connectivity index is 1.60. The van der Waals surface area contributed by atoms with Crippen LogP contribution in [0.5, 0.6) is 11.5 Å². The van der Waals surface area contributed by atoms with Gasteiger partial charge in [0.1, 0.15) is 23.1 Å². The quantitative estimate of drug-likeness (QED) is 0.443. The molecule has 0 bridgehead atoms. The van der Waals surface area contributed by atoms with E-state index in [1.165, 1.54) is 17.4 Å². The van der Waals surface area contributed by atoms with E-state index in [9.17, 15) is 4.79 Å². The van der Waals surface area contributed by atoms with Crippen molar-refractivity contribution < 1.29 is 19.0 Å². The van der Waals surface area contributed by atoms with E-state index in [2.05, 4.69) is 4.98 Å². The fourth-order valence-corrected chi connectivity index (χ4v) is 3.22. The maximum absolute atomic E-state index is 12.0. The van der Waals surface area contributed by atoms with Gasteiger partial charge < -0.3 is 14.2 Å². The zero-order valence-electron chi connectivity index (χ0n) is 15.0. The molecule has 0 N–H and O–H groups in total. The molecule has 6 heteroatoms. The Bertz CT molecular complexity index is 934. The van der Waals surface area contributed by atoms with E-state index >= 15 is 0 Å². The molecule has 0 saturated heterocycles. The lowest BCUT2D eigenvalue weighted by Crippen LogP contribution is -2.01. The molecule has 0 unspecified atom stereocenters.